The summed E-state index contributed by atoms with van der Waals surface area (Å²) in [5.41, 5.74) is 0.791. The Kier molecular flexibility index (Phi) is 5.89. The molecule has 0 amide bonds. The fraction of sp³-hybridized carbons (Fsp3) is 0.579. The third-order valence-electron chi connectivity index (χ3n) is 5.54. The van der Waals surface area contributed by atoms with E-state index >= 15 is 0 Å². The van der Waals surface area contributed by atoms with Gasteiger partial charge in [0.25, 0.3) is 5.69 Å². The molecule has 1 aromatic heterocycles. The van der Waals surface area contributed by atoms with Crippen LogP contribution in [-0.2, 0) is 11.3 Å². The van der Waals surface area contributed by atoms with Gasteiger partial charge in [-0.25, -0.2) is 0 Å². The molecule has 9 heteroatoms. The van der Waals surface area contributed by atoms with Crippen LogP contribution in [0.15, 0.2) is 22.6 Å². The number of benzene rings is 1. The quantitative estimate of drug-likeness (QED) is 0.541. The van der Waals surface area contributed by atoms with Gasteiger partial charge in [0.15, 0.2) is 0 Å². The fourth-order valence-electron chi connectivity index (χ4n) is 3.97. The van der Waals surface area contributed by atoms with Crippen LogP contribution in [0, 0.1) is 10.1 Å². The molecule has 2 aliphatic rings. The Morgan fingerprint density at radius 2 is 1.96 bits per heavy atom. The average Bonchev–Trinajstić information content (AvgIpc) is 3.20. The molecule has 1 atom stereocenters. The largest absolute Gasteiger partial charge is 0.423 e. The summed E-state index contributed by atoms with van der Waals surface area (Å²) in [4.78, 5) is 12.9. The molecule has 2 saturated heterocycles. The lowest BCUT2D eigenvalue weighted by Gasteiger charge is -2.33. The second kappa shape index (κ2) is 8.55. The van der Waals surface area contributed by atoms with Crippen LogP contribution in [0.1, 0.15) is 61.4 Å². The van der Waals surface area contributed by atoms with E-state index < -0.39 is 4.92 Å². The standard InChI is InChI=1S/C19H23ClN4O4/c20-16-5-4-15(24(25)26)11-14(16)12-23-8-2-1-3-17(23)19-22-21-18(28-19)13-6-9-27-10-7-13/h4-5,11,13,17H,1-3,6-10,12H2/t17-/m1/s1. The SMILES string of the molecule is O=[N+]([O-])c1ccc(Cl)c(CN2CCCC[C@@H]2c2nnc(C3CCOCC3)o2)c1. The van der Waals surface area contributed by atoms with Crippen molar-refractivity contribution in [3.05, 3.63) is 50.7 Å². The van der Waals surface area contributed by atoms with Crippen LogP contribution in [0.5, 0.6) is 0 Å². The maximum absolute atomic E-state index is 11.1. The first-order valence-electron chi connectivity index (χ1n) is 9.69. The maximum atomic E-state index is 11.1. The van der Waals surface area contributed by atoms with Crippen molar-refractivity contribution < 1.29 is 14.1 Å². The zero-order valence-corrected chi connectivity index (χ0v) is 16.3. The lowest BCUT2D eigenvalue weighted by atomic mass is 10.00. The molecule has 0 radical (unpaired) electrons. The van der Waals surface area contributed by atoms with Crippen LogP contribution >= 0.6 is 11.6 Å². The van der Waals surface area contributed by atoms with Gasteiger partial charge >= 0.3 is 0 Å². The number of non-ortho nitro benzene ring substituents is 1. The normalized spacial score (nSPS) is 21.7. The molecule has 0 bridgehead atoms. The highest BCUT2D eigenvalue weighted by molar-refractivity contribution is 6.31. The monoisotopic (exact) mass is 406 g/mol. The second-order valence-electron chi connectivity index (χ2n) is 7.38. The topological polar surface area (TPSA) is 94.5 Å². The van der Waals surface area contributed by atoms with E-state index in [1.807, 2.05) is 0 Å². The molecule has 28 heavy (non-hydrogen) atoms. The molecule has 1 aromatic carbocycles. The summed E-state index contributed by atoms with van der Waals surface area (Å²) < 4.78 is 11.5. The van der Waals surface area contributed by atoms with Gasteiger partial charge in [0.2, 0.25) is 11.8 Å². The van der Waals surface area contributed by atoms with E-state index in [2.05, 4.69) is 15.1 Å². The first kappa shape index (κ1) is 19.3. The van der Waals surface area contributed by atoms with Crippen molar-refractivity contribution in [1.29, 1.82) is 0 Å². The van der Waals surface area contributed by atoms with Crippen LogP contribution in [0.25, 0.3) is 0 Å². The van der Waals surface area contributed by atoms with E-state index in [0.29, 0.717) is 23.3 Å². The number of hydrogen-bond acceptors (Lipinski definition) is 7. The van der Waals surface area contributed by atoms with Crippen molar-refractivity contribution in [2.24, 2.45) is 0 Å². The molecule has 4 rings (SSSR count). The zero-order valence-electron chi connectivity index (χ0n) is 15.6. The fourth-order valence-corrected chi connectivity index (χ4v) is 4.14. The molecule has 2 fully saturated rings. The number of nitro groups is 1. The molecular formula is C19H23ClN4O4. The van der Waals surface area contributed by atoms with E-state index in [0.717, 1.165) is 57.4 Å². The number of nitro benzene ring substituents is 1. The van der Waals surface area contributed by atoms with Crippen molar-refractivity contribution in [3.8, 4) is 0 Å². The molecule has 2 aromatic rings. The molecule has 0 spiro atoms. The molecule has 150 valence electrons. The zero-order chi connectivity index (χ0) is 19.5. The van der Waals surface area contributed by atoms with Crippen molar-refractivity contribution in [2.75, 3.05) is 19.8 Å². The molecular weight excluding hydrogens is 384 g/mol. The number of likely N-dealkylation sites (tertiary alicyclic amines) is 1. The minimum atomic E-state index is -0.397. The first-order valence-corrected chi connectivity index (χ1v) is 10.1. The van der Waals surface area contributed by atoms with Crippen LogP contribution < -0.4 is 0 Å². The lowest BCUT2D eigenvalue weighted by molar-refractivity contribution is -0.384. The van der Waals surface area contributed by atoms with Gasteiger partial charge in [0, 0.05) is 42.8 Å². The van der Waals surface area contributed by atoms with E-state index in [1.165, 1.54) is 6.07 Å². The summed E-state index contributed by atoms with van der Waals surface area (Å²) in [5.74, 6) is 1.58. The van der Waals surface area contributed by atoms with Gasteiger partial charge in [-0.15, -0.1) is 10.2 Å². The summed E-state index contributed by atoms with van der Waals surface area (Å²) in [6.07, 6.45) is 4.86. The van der Waals surface area contributed by atoms with Gasteiger partial charge in [-0.1, -0.05) is 18.0 Å². The van der Waals surface area contributed by atoms with E-state index in [1.54, 1.807) is 12.1 Å². The summed E-state index contributed by atoms with van der Waals surface area (Å²) in [6.45, 7) is 2.82. The summed E-state index contributed by atoms with van der Waals surface area (Å²) in [5, 5.41) is 20.3. The Bertz CT molecular complexity index is 837. The van der Waals surface area contributed by atoms with Crippen molar-refractivity contribution in [3.63, 3.8) is 0 Å². The van der Waals surface area contributed by atoms with Crippen molar-refractivity contribution >= 4 is 17.3 Å². The minimum Gasteiger partial charge on any atom is -0.423 e. The number of nitrogens with zero attached hydrogens (tertiary/aromatic N) is 4. The summed E-state index contributed by atoms with van der Waals surface area (Å²) in [7, 11) is 0. The Labute approximate surface area is 168 Å². The second-order valence-corrected chi connectivity index (χ2v) is 7.79. The van der Waals surface area contributed by atoms with Crippen molar-refractivity contribution in [2.45, 2.75) is 50.6 Å². The van der Waals surface area contributed by atoms with E-state index in [-0.39, 0.29) is 17.6 Å². The molecule has 8 nitrogen and oxygen atoms in total. The van der Waals surface area contributed by atoms with Crippen LogP contribution in [0.3, 0.4) is 0 Å². The third kappa shape index (κ3) is 4.19. The predicted molar refractivity (Wildman–Crippen MR) is 102 cm³/mol. The van der Waals surface area contributed by atoms with Gasteiger partial charge in [0.1, 0.15) is 0 Å². The van der Waals surface area contributed by atoms with Crippen LogP contribution in [0.2, 0.25) is 5.02 Å². The molecule has 3 heterocycles. The first-order chi connectivity index (χ1) is 13.6. The summed E-state index contributed by atoms with van der Waals surface area (Å²) in [6, 6.07) is 4.57. The number of aromatic nitrogens is 2. The Morgan fingerprint density at radius 3 is 2.75 bits per heavy atom. The number of halogens is 1. The number of hydrogen-bond donors (Lipinski definition) is 0. The molecule has 0 saturated carbocycles. The highest BCUT2D eigenvalue weighted by Gasteiger charge is 2.31. The van der Waals surface area contributed by atoms with Gasteiger partial charge in [-0.05, 0) is 43.9 Å². The molecule has 0 aliphatic carbocycles. The number of rotatable bonds is 5. The van der Waals surface area contributed by atoms with E-state index in [4.69, 9.17) is 20.8 Å². The van der Waals surface area contributed by atoms with Crippen LogP contribution in [0.4, 0.5) is 5.69 Å². The smallest absolute Gasteiger partial charge is 0.269 e. The lowest BCUT2D eigenvalue weighted by Crippen LogP contribution is -2.33. The average molecular weight is 407 g/mol. The van der Waals surface area contributed by atoms with Gasteiger partial charge in [0.05, 0.1) is 11.0 Å². The van der Waals surface area contributed by atoms with Gasteiger partial charge in [-0.2, -0.15) is 0 Å². The Balaban J connectivity index is 1.53. The Hall–Kier alpha value is -2.03. The summed E-state index contributed by atoms with van der Waals surface area (Å²) >= 11 is 6.31. The van der Waals surface area contributed by atoms with E-state index in [9.17, 15) is 10.1 Å². The van der Waals surface area contributed by atoms with Gasteiger partial charge in [-0.3, -0.25) is 15.0 Å². The highest BCUT2D eigenvalue weighted by atomic mass is 35.5. The Morgan fingerprint density at radius 1 is 1.18 bits per heavy atom. The minimum absolute atomic E-state index is 0.00479. The third-order valence-corrected chi connectivity index (χ3v) is 5.91. The predicted octanol–water partition coefficient (Wildman–Crippen LogP) is 4.25. The molecule has 0 N–H and O–H groups in total. The van der Waals surface area contributed by atoms with Crippen LogP contribution in [-0.4, -0.2) is 39.8 Å². The maximum Gasteiger partial charge on any atom is 0.269 e. The molecule has 2 aliphatic heterocycles. The van der Waals surface area contributed by atoms with Crippen molar-refractivity contribution in [1.82, 2.24) is 15.1 Å². The number of ether oxygens (including phenoxy) is 1. The molecule has 0 unspecified atom stereocenters. The number of piperidine rings is 1. The highest BCUT2D eigenvalue weighted by Crippen LogP contribution is 2.35. The van der Waals surface area contributed by atoms with Gasteiger partial charge < -0.3 is 9.15 Å².